The first kappa shape index (κ1) is 23.8. The molecule has 0 bridgehead atoms. The Morgan fingerprint density at radius 3 is 2.51 bits per heavy atom. The van der Waals surface area contributed by atoms with Crippen LogP contribution in [0.15, 0.2) is 67.1 Å². The molecule has 3 heterocycles. The van der Waals surface area contributed by atoms with Crippen LogP contribution in [0.5, 0.6) is 0 Å². The lowest BCUT2D eigenvalue weighted by atomic mass is 9.99. The molecular formula is C24H19F3N6O2. The van der Waals surface area contributed by atoms with Crippen LogP contribution < -0.4 is 10.8 Å². The molecule has 1 amide bonds. The number of rotatable bonds is 6. The van der Waals surface area contributed by atoms with Gasteiger partial charge in [-0.05, 0) is 66.1 Å². The van der Waals surface area contributed by atoms with Gasteiger partial charge >= 0.3 is 6.18 Å². The van der Waals surface area contributed by atoms with Crippen molar-refractivity contribution in [2.24, 2.45) is 0 Å². The molecule has 0 aliphatic rings. The number of benzene rings is 1. The number of hydrogen-bond acceptors (Lipinski definition) is 7. The summed E-state index contributed by atoms with van der Waals surface area (Å²) in [7, 11) is 1.49. The number of carbonyl (C=O) groups excluding carboxylic acids is 1. The van der Waals surface area contributed by atoms with Crippen LogP contribution in [0.3, 0.4) is 0 Å². The molecule has 0 saturated heterocycles. The monoisotopic (exact) mass is 480 g/mol. The Hall–Kier alpha value is -4.38. The number of nitrogens with zero attached hydrogens (tertiary/aromatic N) is 4. The summed E-state index contributed by atoms with van der Waals surface area (Å²) < 4.78 is 38.8. The molecule has 0 fully saturated rings. The normalized spacial score (nSPS) is 11.2. The zero-order valence-corrected chi connectivity index (χ0v) is 18.6. The zero-order valence-electron chi connectivity index (χ0n) is 18.6. The predicted octanol–water partition coefficient (Wildman–Crippen LogP) is 5.15. The molecule has 0 spiro atoms. The minimum absolute atomic E-state index is 0.392. The molecule has 0 atom stereocenters. The van der Waals surface area contributed by atoms with Crippen molar-refractivity contribution >= 4 is 17.4 Å². The van der Waals surface area contributed by atoms with Gasteiger partial charge in [0, 0.05) is 23.6 Å². The number of carbonyl (C=O) groups is 1. The number of nitrogens with one attached hydrogen (secondary N) is 2. The number of alkyl halides is 3. The number of halogens is 3. The Bertz CT molecular complexity index is 1380. The molecule has 0 aliphatic heterocycles. The molecule has 35 heavy (non-hydrogen) atoms. The summed E-state index contributed by atoms with van der Waals surface area (Å²) in [6.45, 7) is 1.91. The van der Waals surface area contributed by atoms with Gasteiger partial charge in [-0.1, -0.05) is 6.07 Å². The molecule has 1 aromatic carbocycles. The fourth-order valence-electron chi connectivity index (χ4n) is 3.34. The van der Waals surface area contributed by atoms with E-state index in [2.05, 4.69) is 31.0 Å². The van der Waals surface area contributed by atoms with Crippen molar-refractivity contribution in [2.75, 3.05) is 17.9 Å². The summed E-state index contributed by atoms with van der Waals surface area (Å²) in [4.78, 5) is 26.0. The second-order valence-electron chi connectivity index (χ2n) is 7.48. The van der Waals surface area contributed by atoms with E-state index in [1.807, 2.05) is 25.1 Å². The third kappa shape index (κ3) is 5.58. The van der Waals surface area contributed by atoms with Gasteiger partial charge < -0.3 is 5.32 Å². The fourth-order valence-corrected chi connectivity index (χ4v) is 3.34. The molecule has 0 radical (unpaired) electrons. The number of pyridine rings is 2. The van der Waals surface area contributed by atoms with E-state index in [4.69, 9.17) is 4.84 Å². The Labute approximate surface area is 198 Å². The lowest BCUT2D eigenvalue weighted by Gasteiger charge is -2.12. The fraction of sp³-hybridized carbons (Fsp3) is 0.125. The third-order valence-corrected chi connectivity index (χ3v) is 5.04. The summed E-state index contributed by atoms with van der Waals surface area (Å²) in [5, 5.41) is 9.41. The average Bonchev–Trinajstić information content (AvgIpc) is 2.85. The zero-order chi connectivity index (χ0) is 25.0. The Morgan fingerprint density at radius 2 is 1.74 bits per heavy atom. The van der Waals surface area contributed by atoms with Crippen molar-refractivity contribution in [3.05, 3.63) is 83.9 Å². The third-order valence-electron chi connectivity index (χ3n) is 5.04. The van der Waals surface area contributed by atoms with E-state index in [1.165, 1.54) is 7.11 Å². The molecule has 0 saturated carbocycles. The number of aromatic nitrogens is 4. The van der Waals surface area contributed by atoms with E-state index in [-0.39, 0.29) is 0 Å². The van der Waals surface area contributed by atoms with E-state index in [0.717, 1.165) is 22.3 Å². The van der Waals surface area contributed by atoms with Crippen LogP contribution in [0.1, 0.15) is 21.6 Å². The van der Waals surface area contributed by atoms with Gasteiger partial charge in [0.1, 0.15) is 5.82 Å². The van der Waals surface area contributed by atoms with Crippen LogP contribution in [0.25, 0.3) is 22.4 Å². The predicted molar refractivity (Wildman–Crippen MR) is 123 cm³/mol. The second-order valence-corrected chi connectivity index (χ2v) is 7.48. The Kier molecular flexibility index (Phi) is 6.69. The number of aryl methyl sites for hydroxylation is 1. The standard InChI is InChI=1S/C24H19F3N6O2/c1-14-3-4-18(31-23(34)21-11-17(13-30-32-21)24(25,26)27)12-19(14)15-5-7-28-20(9-15)16-6-8-29-22(10-16)33-35-2/h3-13H,1-2H3,(H,29,33)(H,31,34). The van der Waals surface area contributed by atoms with Crippen molar-refractivity contribution < 1.29 is 22.8 Å². The lowest BCUT2D eigenvalue weighted by molar-refractivity contribution is -0.137. The highest BCUT2D eigenvalue weighted by Gasteiger charge is 2.32. The minimum atomic E-state index is -4.63. The maximum absolute atomic E-state index is 12.9. The molecule has 11 heteroatoms. The molecule has 3 aromatic heterocycles. The first-order valence-electron chi connectivity index (χ1n) is 10.3. The van der Waals surface area contributed by atoms with E-state index in [0.29, 0.717) is 29.5 Å². The lowest BCUT2D eigenvalue weighted by Crippen LogP contribution is -2.16. The Morgan fingerprint density at radius 1 is 0.971 bits per heavy atom. The number of amides is 1. The van der Waals surface area contributed by atoms with E-state index in [9.17, 15) is 18.0 Å². The molecule has 0 unspecified atom stereocenters. The van der Waals surface area contributed by atoms with Gasteiger partial charge in [-0.25, -0.2) is 10.5 Å². The smallest absolute Gasteiger partial charge is 0.321 e. The maximum Gasteiger partial charge on any atom is 0.418 e. The molecule has 4 rings (SSSR count). The van der Waals surface area contributed by atoms with Crippen LogP contribution in [-0.4, -0.2) is 33.2 Å². The van der Waals surface area contributed by atoms with E-state index >= 15 is 0 Å². The molecular weight excluding hydrogens is 461 g/mol. The van der Waals surface area contributed by atoms with Crippen LogP contribution in [0.2, 0.25) is 0 Å². The molecule has 0 aliphatic carbocycles. The first-order chi connectivity index (χ1) is 16.7. The highest BCUT2D eigenvalue weighted by Crippen LogP contribution is 2.31. The topological polar surface area (TPSA) is 102 Å². The van der Waals surface area contributed by atoms with Crippen molar-refractivity contribution in [3.63, 3.8) is 0 Å². The van der Waals surface area contributed by atoms with Gasteiger partial charge in [0.05, 0.1) is 24.6 Å². The van der Waals surface area contributed by atoms with Crippen molar-refractivity contribution in [2.45, 2.75) is 13.1 Å². The van der Waals surface area contributed by atoms with Crippen LogP contribution >= 0.6 is 0 Å². The summed E-state index contributed by atoms with van der Waals surface area (Å²) in [5.74, 6) is -0.278. The quantitative estimate of drug-likeness (QED) is 0.368. The average molecular weight is 480 g/mol. The number of anilines is 2. The molecule has 2 N–H and O–H groups in total. The van der Waals surface area contributed by atoms with Gasteiger partial charge in [-0.3, -0.25) is 14.6 Å². The number of hydrogen-bond donors (Lipinski definition) is 2. The van der Waals surface area contributed by atoms with Gasteiger partial charge in [-0.15, -0.1) is 5.10 Å². The maximum atomic E-state index is 12.9. The van der Waals surface area contributed by atoms with Crippen LogP contribution in [-0.2, 0) is 11.0 Å². The van der Waals surface area contributed by atoms with E-state index < -0.39 is 23.3 Å². The van der Waals surface area contributed by atoms with Gasteiger partial charge in [0.25, 0.3) is 5.91 Å². The summed E-state index contributed by atoms with van der Waals surface area (Å²) in [5.41, 5.74) is 5.65. The molecule has 4 aromatic rings. The van der Waals surface area contributed by atoms with Crippen molar-refractivity contribution in [1.29, 1.82) is 0 Å². The second kappa shape index (κ2) is 9.85. The minimum Gasteiger partial charge on any atom is -0.321 e. The van der Waals surface area contributed by atoms with Crippen molar-refractivity contribution in [1.82, 2.24) is 20.2 Å². The highest BCUT2D eigenvalue weighted by molar-refractivity contribution is 6.03. The van der Waals surface area contributed by atoms with Crippen molar-refractivity contribution in [3.8, 4) is 22.4 Å². The van der Waals surface area contributed by atoms with Crippen LogP contribution in [0, 0.1) is 6.92 Å². The summed E-state index contributed by atoms with van der Waals surface area (Å²) in [6.07, 6.45) is -0.768. The summed E-state index contributed by atoms with van der Waals surface area (Å²) >= 11 is 0. The van der Waals surface area contributed by atoms with Gasteiger partial charge in [0.2, 0.25) is 0 Å². The molecule has 178 valence electrons. The van der Waals surface area contributed by atoms with E-state index in [1.54, 1.807) is 36.7 Å². The van der Waals surface area contributed by atoms with Crippen LogP contribution in [0.4, 0.5) is 24.7 Å². The molecule has 8 nitrogen and oxygen atoms in total. The summed E-state index contributed by atoms with van der Waals surface area (Å²) in [6, 6.07) is 13.2. The largest absolute Gasteiger partial charge is 0.418 e. The SMILES string of the molecule is CONc1cc(-c2cc(-c3cc(NC(=O)c4cc(C(F)(F)F)cnn4)ccc3C)ccn2)ccn1. The van der Waals surface area contributed by atoms with Gasteiger partial charge in [0.15, 0.2) is 5.69 Å². The highest BCUT2D eigenvalue weighted by atomic mass is 19.4. The Balaban J connectivity index is 1.62. The van der Waals surface area contributed by atoms with Gasteiger partial charge in [-0.2, -0.15) is 18.3 Å². The first-order valence-corrected chi connectivity index (χ1v) is 10.3.